The van der Waals surface area contributed by atoms with Gasteiger partial charge in [-0.3, -0.25) is 0 Å². The summed E-state index contributed by atoms with van der Waals surface area (Å²) in [6, 6.07) is 14.7. The molecule has 0 saturated heterocycles. The Kier molecular flexibility index (Phi) is 8.33. The van der Waals surface area contributed by atoms with Gasteiger partial charge in [-0.15, -0.1) is 0 Å². The summed E-state index contributed by atoms with van der Waals surface area (Å²) in [6.07, 6.45) is 0.879. The van der Waals surface area contributed by atoms with Gasteiger partial charge in [0.25, 0.3) is 0 Å². The molecule has 9 heteroatoms. The standard InChI is InChI=1S/C23H24AsN2O6/c1-28-18-9-8-15(12-19(18)29-2)10-11-24-20-14-21(26-23(25-20)31-4)32-17-7-5-6-16(13-17)22(27)30-3/h5-9,12-14H,10-11H2,1-4H3. The Hall–Kier alpha value is -3.25. The van der Waals surface area contributed by atoms with E-state index in [-0.39, 0.29) is 21.8 Å². The number of esters is 1. The zero-order valence-corrected chi connectivity index (χ0v) is 20.2. The molecule has 0 saturated carbocycles. The molecule has 0 aliphatic heterocycles. The molecule has 0 spiro atoms. The molecule has 0 bridgehead atoms. The van der Waals surface area contributed by atoms with Crippen molar-refractivity contribution in [2.75, 3.05) is 28.4 Å². The third kappa shape index (κ3) is 6.14. The van der Waals surface area contributed by atoms with Crippen molar-refractivity contribution in [3.8, 4) is 29.1 Å². The van der Waals surface area contributed by atoms with E-state index in [0.29, 0.717) is 22.9 Å². The van der Waals surface area contributed by atoms with Crippen LogP contribution >= 0.6 is 0 Å². The predicted octanol–water partition coefficient (Wildman–Crippen LogP) is 3.07. The molecule has 1 radical (unpaired) electrons. The van der Waals surface area contributed by atoms with Crippen molar-refractivity contribution in [3.63, 3.8) is 0 Å². The van der Waals surface area contributed by atoms with Gasteiger partial charge in [-0.1, -0.05) is 0 Å². The third-order valence-electron chi connectivity index (χ3n) is 4.45. The summed E-state index contributed by atoms with van der Waals surface area (Å²) in [6.45, 7) is 0. The Morgan fingerprint density at radius 1 is 0.906 bits per heavy atom. The van der Waals surface area contributed by atoms with E-state index in [1.807, 2.05) is 24.3 Å². The van der Waals surface area contributed by atoms with E-state index >= 15 is 0 Å². The van der Waals surface area contributed by atoms with Gasteiger partial charge in [-0.05, 0) is 0 Å². The quantitative estimate of drug-likeness (QED) is 0.311. The second-order valence-electron chi connectivity index (χ2n) is 6.49. The van der Waals surface area contributed by atoms with E-state index in [1.54, 1.807) is 38.5 Å². The maximum atomic E-state index is 11.7. The molecule has 167 valence electrons. The van der Waals surface area contributed by atoms with Crippen LogP contribution in [0.2, 0.25) is 5.21 Å². The monoisotopic (exact) mass is 499 g/mol. The molecule has 0 aliphatic carbocycles. The molecule has 2 aromatic carbocycles. The summed E-state index contributed by atoms with van der Waals surface area (Å²) >= 11 is -0.253. The van der Waals surface area contributed by atoms with E-state index < -0.39 is 5.97 Å². The number of carbonyl (C=O) groups excluding carboxylic acids is 1. The number of benzene rings is 2. The number of aryl methyl sites for hydroxylation is 1. The number of methoxy groups -OCH3 is 4. The average molecular weight is 499 g/mol. The first-order chi connectivity index (χ1) is 15.6. The number of rotatable bonds is 10. The van der Waals surface area contributed by atoms with Crippen LogP contribution in [0.25, 0.3) is 0 Å². The number of ether oxygens (including phenoxy) is 5. The second kappa shape index (κ2) is 11.4. The van der Waals surface area contributed by atoms with Gasteiger partial charge in [0.15, 0.2) is 0 Å². The molecule has 3 aromatic rings. The Bertz CT molecular complexity index is 1080. The minimum absolute atomic E-state index is 0.239. The summed E-state index contributed by atoms with van der Waals surface area (Å²) in [5.74, 6) is 1.82. The van der Waals surface area contributed by atoms with Crippen molar-refractivity contribution in [2.24, 2.45) is 0 Å². The van der Waals surface area contributed by atoms with E-state index in [1.165, 1.54) is 14.2 Å². The van der Waals surface area contributed by atoms with Gasteiger partial charge in [0.1, 0.15) is 0 Å². The van der Waals surface area contributed by atoms with E-state index in [0.717, 1.165) is 27.4 Å². The van der Waals surface area contributed by atoms with Crippen molar-refractivity contribution < 1.29 is 28.5 Å². The van der Waals surface area contributed by atoms with Crippen LogP contribution in [0.3, 0.4) is 0 Å². The molecular weight excluding hydrogens is 475 g/mol. The fourth-order valence-corrected chi connectivity index (χ4v) is 4.89. The summed E-state index contributed by atoms with van der Waals surface area (Å²) in [4.78, 5) is 20.5. The van der Waals surface area contributed by atoms with Crippen LogP contribution in [0.4, 0.5) is 0 Å². The Morgan fingerprint density at radius 3 is 2.44 bits per heavy atom. The van der Waals surface area contributed by atoms with Gasteiger partial charge in [0, 0.05) is 0 Å². The number of carbonyl (C=O) groups is 1. The van der Waals surface area contributed by atoms with Crippen molar-refractivity contribution >= 4 is 26.2 Å². The summed E-state index contributed by atoms with van der Waals surface area (Å²) in [5.41, 5.74) is 1.56. The van der Waals surface area contributed by atoms with Crippen molar-refractivity contribution in [1.29, 1.82) is 0 Å². The molecule has 1 aromatic heterocycles. The molecule has 0 aliphatic rings. The first-order valence-electron chi connectivity index (χ1n) is 9.74. The van der Waals surface area contributed by atoms with Gasteiger partial charge >= 0.3 is 194 Å². The molecule has 1 heterocycles. The fraction of sp³-hybridized carbons (Fsp3) is 0.261. The molecule has 0 unspecified atom stereocenters. The van der Waals surface area contributed by atoms with Crippen molar-refractivity contribution in [1.82, 2.24) is 9.97 Å². The van der Waals surface area contributed by atoms with Crippen LogP contribution in [0.1, 0.15) is 15.9 Å². The van der Waals surface area contributed by atoms with Gasteiger partial charge in [0.05, 0.1) is 0 Å². The fourth-order valence-electron chi connectivity index (χ4n) is 2.88. The Morgan fingerprint density at radius 2 is 1.72 bits per heavy atom. The van der Waals surface area contributed by atoms with Gasteiger partial charge < -0.3 is 0 Å². The molecule has 0 amide bonds. The topological polar surface area (TPSA) is 89.0 Å². The number of hydrogen-bond acceptors (Lipinski definition) is 8. The van der Waals surface area contributed by atoms with Crippen LogP contribution in [0.5, 0.6) is 29.1 Å². The van der Waals surface area contributed by atoms with Gasteiger partial charge in [0.2, 0.25) is 0 Å². The van der Waals surface area contributed by atoms with Gasteiger partial charge in [-0.2, -0.15) is 0 Å². The summed E-state index contributed by atoms with van der Waals surface area (Å²) < 4.78 is 27.4. The molecule has 0 N–H and O–H groups in total. The molecule has 0 fully saturated rings. The number of nitrogens with zero attached hydrogens (tertiary/aromatic N) is 2. The van der Waals surface area contributed by atoms with Crippen LogP contribution in [0, 0.1) is 0 Å². The molecule has 8 nitrogen and oxygen atoms in total. The normalized spacial score (nSPS) is 10.8. The predicted molar refractivity (Wildman–Crippen MR) is 120 cm³/mol. The van der Waals surface area contributed by atoms with E-state index in [9.17, 15) is 4.79 Å². The molecule has 3 rings (SSSR count). The van der Waals surface area contributed by atoms with Crippen molar-refractivity contribution in [3.05, 3.63) is 59.7 Å². The first-order valence-corrected chi connectivity index (χ1v) is 12.0. The Labute approximate surface area is 193 Å². The Balaban J connectivity index is 1.69. The average Bonchev–Trinajstić information content (AvgIpc) is 2.83. The van der Waals surface area contributed by atoms with Crippen LogP contribution in [0.15, 0.2) is 48.5 Å². The minimum atomic E-state index is -0.434. The van der Waals surface area contributed by atoms with Crippen LogP contribution in [-0.2, 0) is 11.2 Å². The maximum absolute atomic E-state index is 11.7. The summed E-state index contributed by atoms with van der Waals surface area (Å²) in [5, 5.41) is 0.948. The van der Waals surface area contributed by atoms with Crippen LogP contribution in [-0.4, -0.2) is 60.1 Å². The second-order valence-corrected chi connectivity index (χ2v) is 9.06. The van der Waals surface area contributed by atoms with Crippen LogP contribution < -0.4 is 23.4 Å². The SMILES string of the molecule is COC(=O)c1cccc(Oc2cc([As]CCc3ccc(OC)c(OC)c3)nc(OC)n2)c1. The number of hydrogen-bond donors (Lipinski definition) is 0. The molecule has 0 atom stereocenters. The third-order valence-corrected chi connectivity index (χ3v) is 6.55. The molecular formula is C23H24AsN2O6. The first kappa shape index (κ1) is 23.4. The summed E-state index contributed by atoms with van der Waals surface area (Å²) in [7, 11) is 6.10. The van der Waals surface area contributed by atoms with Gasteiger partial charge in [-0.25, -0.2) is 0 Å². The molecule has 32 heavy (non-hydrogen) atoms. The number of aromatic nitrogens is 2. The zero-order valence-electron chi connectivity index (χ0n) is 18.3. The van der Waals surface area contributed by atoms with Crippen molar-refractivity contribution in [2.45, 2.75) is 11.6 Å². The van der Waals surface area contributed by atoms with E-state index in [4.69, 9.17) is 23.7 Å². The zero-order chi connectivity index (χ0) is 22.9. The van der Waals surface area contributed by atoms with E-state index in [2.05, 4.69) is 9.97 Å².